The average molecular weight is 380 g/mol. The van der Waals surface area contributed by atoms with Gasteiger partial charge in [0.2, 0.25) is 5.91 Å². The average Bonchev–Trinajstić information content (AvgIpc) is 2.49. The fourth-order valence-electron chi connectivity index (χ4n) is 1.83. The summed E-state index contributed by atoms with van der Waals surface area (Å²) in [4.78, 5) is 35.4. The number of rotatable bonds is 6. The Kier molecular flexibility index (Phi) is 6.86. The fourth-order valence-corrected chi connectivity index (χ4v) is 2.70. The van der Waals surface area contributed by atoms with Crippen molar-refractivity contribution in [3.63, 3.8) is 0 Å². The minimum absolute atomic E-state index is 0.125. The molecule has 1 unspecified atom stereocenters. The highest BCUT2D eigenvalue weighted by atomic mass is 35.5. The molecule has 0 spiro atoms. The Balaban J connectivity index is 3.10. The molecule has 0 radical (unpaired) electrons. The Morgan fingerprint density at radius 3 is 2.09 bits per heavy atom. The third kappa shape index (κ3) is 4.83. The highest BCUT2D eigenvalue weighted by Gasteiger charge is 2.32. The summed E-state index contributed by atoms with van der Waals surface area (Å²) >= 11 is 17.7. The molecule has 1 atom stereocenters. The number of nitrogens with one attached hydrogen (secondary N) is 2. The summed E-state index contributed by atoms with van der Waals surface area (Å²) in [6.07, 6.45) is 0.385. The van der Waals surface area contributed by atoms with Crippen LogP contribution in [0.5, 0.6) is 0 Å². The van der Waals surface area contributed by atoms with E-state index in [0.29, 0.717) is 6.42 Å². The minimum Gasteiger partial charge on any atom is -0.340 e. The van der Waals surface area contributed by atoms with Crippen molar-refractivity contribution in [1.29, 1.82) is 0 Å². The van der Waals surface area contributed by atoms with Crippen LogP contribution >= 0.6 is 34.8 Å². The van der Waals surface area contributed by atoms with Crippen LogP contribution in [0.25, 0.3) is 0 Å². The zero-order chi connectivity index (χ0) is 17.8. The van der Waals surface area contributed by atoms with Gasteiger partial charge >= 0.3 is 0 Å². The maximum atomic E-state index is 12.4. The highest BCUT2D eigenvalue weighted by Crippen LogP contribution is 2.32. The van der Waals surface area contributed by atoms with Crippen molar-refractivity contribution in [2.45, 2.75) is 32.7 Å². The van der Waals surface area contributed by atoms with Gasteiger partial charge in [0.1, 0.15) is 0 Å². The van der Waals surface area contributed by atoms with E-state index in [1.54, 1.807) is 13.8 Å². The van der Waals surface area contributed by atoms with Crippen LogP contribution in [0.2, 0.25) is 10.0 Å². The molecular formula is C15H17Cl3N2O3. The van der Waals surface area contributed by atoms with Crippen LogP contribution in [-0.4, -0.2) is 29.0 Å². The lowest BCUT2D eigenvalue weighted by atomic mass is 9.93. The maximum Gasteiger partial charge on any atom is 0.252 e. The molecule has 1 aromatic rings. The molecular weight excluding hydrogens is 363 g/mol. The topological polar surface area (TPSA) is 75.3 Å². The molecule has 0 bridgehead atoms. The lowest BCUT2D eigenvalue weighted by Gasteiger charge is -2.27. The molecule has 5 nitrogen and oxygen atoms in total. The number of alkyl halides is 1. The van der Waals surface area contributed by atoms with Gasteiger partial charge in [-0.25, -0.2) is 0 Å². The van der Waals surface area contributed by atoms with Crippen molar-refractivity contribution in [2.75, 3.05) is 11.2 Å². The van der Waals surface area contributed by atoms with Crippen LogP contribution in [0.1, 0.15) is 37.6 Å². The first-order chi connectivity index (χ1) is 10.6. The van der Waals surface area contributed by atoms with Crippen molar-refractivity contribution >= 4 is 58.1 Å². The van der Waals surface area contributed by atoms with Crippen molar-refractivity contribution in [1.82, 2.24) is 5.32 Å². The van der Waals surface area contributed by atoms with E-state index in [4.69, 9.17) is 34.8 Å². The monoisotopic (exact) mass is 378 g/mol. The van der Waals surface area contributed by atoms with Gasteiger partial charge in [0.25, 0.3) is 5.91 Å². The number of Topliss-reactive ketones (excluding diaryl/α,β-unsaturated/α-hetero) is 1. The van der Waals surface area contributed by atoms with Gasteiger partial charge in [0.15, 0.2) is 5.78 Å². The van der Waals surface area contributed by atoms with Crippen molar-refractivity contribution < 1.29 is 14.4 Å². The van der Waals surface area contributed by atoms with Gasteiger partial charge in [0, 0.05) is 12.5 Å². The molecule has 0 fully saturated rings. The van der Waals surface area contributed by atoms with Crippen LogP contribution in [0.3, 0.4) is 0 Å². The Morgan fingerprint density at radius 2 is 1.70 bits per heavy atom. The van der Waals surface area contributed by atoms with Gasteiger partial charge in [-0.15, -0.1) is 11.6 Å². The van der Waals surface area contributed by atoms with E-state index in [0.717, 1.165) is 0 Å². The number of amides is 2. The zero-order valence-corrected chi connectivity index (χ0v) is 15.2. The standard InChI is InChI=1S/C15H17Cl3N2O3/c1-4-15(3,12(22)7-16)20-14(23)9-5-10(17)13(11(18)6-9)19-8(2)21/h5-6H,4,7H2,1-3H3,(H,19,21)(H,20,23). The second-order valence-corrected chi connectivity index (χ2v) is 6.27. The number of hydrogen-bond acceptors (Lipinski definition) is 3. The van der Waals surface area contributed by atoms with Crippen LogP contribution < -0.4 is 10.6 Å². The third-order valence-corrected chi connectivity index (χ3v) is 4.28. The Labute approximate surface area is 149 Å². The molecule has 0 aromatic heterocycles. The van der Waals surface area contributed by atoms with Gasteiger partial charge in [-0.3, -0.25) is 14.4 Å². The molecule has 0 heterocycles. The second kappa shape index (κ2) is 7.99. The molecule has 1 rings (SSSR count). The molecule has 2 amide bonds. The molecule has 23 heavy (non-hydrogen) atoms. The summed E-state index contributed by atoms with van der Waals surface area (Å²) in [5, 5.41) is 5.38. The Morgan fingerprint density at radius 1 is 1.17 bits per heavy atom. The largest absolute Gasteiger partial charge is 0.340 e. The second-order valence-electron chi connectivity index (χ2n) is 5.19. The number of carbonyl (C=O) groups excluding carboxylic acids is 3. The molecule has 8 heteroatoms. The van der Waals surface area contributed by atoms with Crippen molar-refractivity contribution in [2.24, 2.45) is 0 Å². The smallest absolute Gasteiger partial charge is 0.252 e. The van der Waals surface area contributed by atoms with Crippen LogP contribution in [0.15, 0.2) is 12.1 Å². The zero-order valence-electron chi connectivity index (χ0n) is 12.9. The number of halogens is 3. The highest BCUT2D eigenvalue weighted by molar-refractivity contribution is 6.40. The quantitative estimate of drug-likeness (QED) is 0.741. The molecule has 1 aromatic carbocycles. The summed E-state index contributed by atoms with van der Waals surface area (Å²) in [6, 6.07) is 2.74. The van der Waals surface area contributed by atoms with E-state index < -0.39 is 11.4 Å². The number of carbonyl (C=O) groups is 3. The maximum absolute atomic E-state index is 12.4. The molecule has 0 aliphatic heterocycles. The lowest BCUT2D eigenvalue weighted by Crippen LogP contribution is -2.52. The van der Waals surface area contributed by atoms with E-state index in [-0.39, 0.29) is 38.9 Å². The normalized spacial score (nSPS) is 13.1. The van der Waals surface area contributed by atoms with Crippen LogP contribution in [-0.2, 0) is 9.59 Å². The minimum atomic E-state index is -1.08. The first-order valence-corrected chi connectivity index (χ1v) is 8.12. The molecule has 0 saturated heterocycles. The molecule has 0 saturated carbocycles. The van der Waals surface area contributed by atoms with Crippen molar-refractivity contribution in [3.05, 3.63) is 27.7 Å². The van der Waals surface area contributed by atoms with E-state index >= 15 is 0 Å². The first kappa shape index (κ1) is 19.7. The van der Waals surface area contributed by atoms with E-state index in [1.807, 2.05) is 0 Å². The summed E-state index contributed by atoms with van der Waals surface area (Å²) < 4.78 is 0. The molecule has 0 aliphatic carbocycles. The first-order valence-electron chi connectivity index (χ1n) is 6.83. The summed E-state index contributed by atoms with van der Waals surface area (Å²) in [6.45, 7) is 4.69. The van der Waals surface area contributed by atoms with Gasteiger partial charge in [-0.1, -0.05) is 30.1 Å². The van der Waals surface area contributed by atoms with Crippen LogP contribution in [0.4, 0.5) is 5.69 Å². The van der Waals surface area contributed by atoms with Crippen LogP contribution in [0, 0.1) is 0 Å². The molecule has 2 N–H and O–H groups in total. The van der Waals surface area contributed by atoms with Crippen molar-refractivity contribution in [3.8, 4) is 0 Å². The summed E-state index contributed by atoms with van der Waals surface area (Å²) in [7, 11) is 0. The lowest BCUT2D eigenvalue weighted by molar-refractivity contribution is -0.122. The predicted octanol–water partition coefficient (Wildman–Crippen LogP) is 3.66. The van der Waals surface area contributed by atoms with E-state index in [9.17, 15) is 14.4 Å². The van der Waals surface area contributed by atoms with Gasteiger partial charge < -0.3 is 10.6 Å². The molecule has 126 valence electrons. The number of hydrogen-bond donors (Lipinski definition) is 2. The number of benzene rings is 1. The van der Waals surface area contributed by atoms with Gasteiger partial charge in [-0.05, 0) is 25.5 Å². The van der Waals surface area contributed by atoms with E-state index in [1.165, 1.54) is 19.1 Å². The fraction of sp³-hybridized carbons (Fsp3) is 0.400. The van der Waals surface area contributed by atoms with E-state index in [2.05, 4.69) is 10.6 Å². The molecule has 0 aliphatic rings. The number of anilines is 1. The Hall–Kier alpha value is -1.30. The summed E-state index contributed by atoms with van der Waals surface area (Å²) in [5.41, 5.74) is -0.669. The van der Waals surface area contributed by atoms with Gasteiger partial charge in [-0.2, -0.15) is 0 Å². The summed E-state index contributed by atoms with van der Waals surface area (Å²) in [5.74, 6) is -1.33. The Bertz CT molecular complexity index is 626. The predicted molar refractivity (Wildman–Crippen MR) is 92.7 cm³/mol. The third-order valence-electron chi connectivity index (χ3n) is 3.44. The van der Waals surface area contributed by atoms with Gasteiger partial charge in [0.05, 0.1) is 27.2 Å². The SMILES string of the molecule is CCC(C)(NC(=O)c1cc(Cl)c(NC(C)=O)c(Cl)c1)C(=O)CCl. The number of ketones is 1.